The second kappa shape index (κ2) is 6.60. The summed E-state index contributed by atoms with van der Waals surface area (Å²) >= 11 is 0. The molecule has 2 aliphatic rings. The second-order valence-electron chi connectivity index (χ2n) is 8.02. The molecule has 1 N–H and O–H groups in total. The summed E-state index contributed by atoms with van der Waals surface area (Å²) in [5.74, 6) is -0.108. The van der Waals surface area contributed by atoms with Gasteiger partial charge in [0.15, 0.2) is 0 Å². The van der Waals surface area contributed by atoms with Crippen molar-refractivity contribution in [3.05, 3.63) is 53.6 Å². The third-order valence-corrected chi connectivity index (χ3v) is 7.62. The molecule has 2 aliphatic heterocycles. The van der Waals surface area contributed by atoms with Gasteiger partial charge in [-0.1, -0.05) is 12.1 Å². The maximum atomic E-state index is 13.2. The second-order valence-corrected chi connectivity index (χ2v) is 9.95. The number of sulfonamides is 1. The molecule has 1 amide bonds. The Morgan fingerprint density at radius 2 is 1.71 bits per heavy atom. The lowest BCUT2D eigenvalue weighted by atomic mass is 9.86. The Hall–Kier alpha value is -2.38. The molecule has 2 heterocycles. The zero-order valence-electron chi connectivity index (χ0n) is 16.4. The largest absolute Gasteiger partial charge is 0.369 e. The summed E-state index contributed by atoms with van der Waals surface area (Å²) < 4.78 is 27.9. The van der Waals surface area contributed by atoms with E-state index in [0.717, 1.165) is 11.3 Å². The van der Waals surface area contributed by atoms with Crippen LogP contribution >= 0.6 is 0 Å². The number of rotatable bonds is 3. The number of amides is 1. The van der Waals surface area contributed by atoms with Gasteiger partial charge >= 0.3 is 0 Å². The van der Waals surface area contributed by atoms with Crippen LogP contribution in [0, 0.1) is 6.92 Å². The van der Waals surface area contributed by atoms with Crippen LogP contribution in [0.5, 0.6) is 0 Å². The quantitative estimate of drug-likeness (QED) is 0.862. The summed E-state index contributed by atoms with van der Waals surface area (Å²) in [5, 5.41) is 2.82. The number of anilines is 2. The molecule has 4 rings (SSSR count). The monoisotopic (exact) mass is 399 g/mol. The van der Waals surface area contributed by atoms with Crippen molar-refractivity contribution in [3.8, 4) is 0 Å². The van der Waals surface area contributed by atoms with Crippen LogP contribution in [0.2, 0.25) is 0 Å². The highest BCUT2D eigenvalue weighted by Gasteiger charge is 2.39. The zero-order valence-corrected chi connectivity index (χ0v) is 17.2. The van der Waals surface area contributed by atoms with Crippen LogP contribution in [0.1, 0.15) is 25.0 Å². The number of carbonyl (C=O) groups is 1. The number of hydrogen-bond acceptors (Lipinski definition) is 4. The number of nitrogens with one attached hydrogen (secondary N) is 1. The first kappa shape index (κ1) is 19.0. The van der Waals surface area contributed by atoms with Crippen LogP contribution in [0.3, 0.4) is 0 Å². The van der Waals surface area contributed by atoms with Gasteiger partial charge in [0.05, 0.1) is 10.3 Å². The van der Waals surface area contributed by atoms with Gasteiger partial charge in [-0.3, -0.25) is 4.79 Å². The van der Waals surface area contributed by atoms with Gasteiger partial charge in [0.25, 0.3) is 0 Å². The molecule has 0 radical (unpaired) electrons. The Morgan fingerprint density at radius 3 is 2.39 bits per heavy atom. The average molecular weight is 400 g/mol. The molecule has 148 valence electrons. The predicted octanol–water partition coefficient (Wildman–Crippen LogP) is 2.74. The Labute approximate surface area is 166 Å². The molecule has 7 heteroatoms. The fraction of sp³-hybridized carbons (Fsp3) is 0.381. The van der Waals surface area contributed by atoms with Gasteiger partial charge in [-0.25, -0.2) is 8.42 Å². The van der Waals surface area contributed by atoms with Gasteiger partial charge < -0.3 is 10.2 Å². The SMILES string of the molecule is Cc1cccc(N2CCN(S(=O)(=O)c3ccc4c(c3)C(C)(C)C(=O)N4)CC2)c1. The predicted molar refractivity (Wildman–Crippen MR) is 110 cm³/mol. The van der Waals surface area contributed by atoms with Crippen LogP contribution in [0.25, 0.3) is 0 Å². The highest BCUT2D eigenvalue weighted by atomic mass is 32.2. The van der Waals surface area contributed by atoms with Crippen molar-refractivity contribution >= 4 is 27.3 Å². The topological polar surface area (TPSA) is 69.7 Å². The number of piperazine rings is 1. The minimum atomic E-state index is -3.60. The van der Waals surface area contributed by atoms with Crippen LogP contribution in [-0.4, -0.2) is 44.8 Å². The molecule has 2 aromatic carbocycles. The first-order chi connectivity index (χ1) is 13.2. The molecule has 1 fully saturated rings. The van der Waals surface area contributed by atoms with Gasteiger partial charge in [-0.2, -0.15) is 4.31 Å². The summed E-state index contributed by atoms with van der Waals surface area (Å²) in [4.78, 5) is 14.6. The zero-order chi connectivity index (χ0) is 20.1. The highest BCUT2D eigenvalue weighted by molar-refractivity contribution is 7.89. The molecule has 0 saturated carbocycles. The molecule has 6 nitrogen and oxygen atoms in total. The lowest BCUT2D eigenvalue weighted by Crippen LogP contribution is -2.48. The van der Waals surface area contributed by atoms with Gasteiger partial charge in [-0.15, -0.1) is 0 Å². The number of fused-ring (bicyclic) bond motifs is 1. The van der Waals surface area contributed by atoms with E-state index in [1.165, 1.54) is 9.87 Å². The number of carbonyl (C=O) groups excluding carboxylic acids is 1. The maximum Gasteiger partial charge on any atom is 0.243 e. The van der Waals surface area contributed by atoms with Crippen molar-refractivity contribution in [2.24, 2.45) is 0 Å². The normalized spacial score (nSPS) is 19.4. The van der Waals surface area contributed by atoms with Crippen LogP contribution < -0.4 is 10.2 Å². The minimum absolute atomic E-state index is 0.108. The number of benzene rings is 2. The van der Waals surface area contributed by atoms with Crippen molar-refractivity contribution in [1.82, 2.24) is 4.31 Å². The van der Waals surface area contributed by atoms with E-state index in [2.05, 4.69) is 35.3 Å². The Bertz CT molecular complexity index is 1040. The molecule has 0 atom stereocenters. The van der Waals surface area contributed by atoms with E-state index >= 15 is 0 Å². The molecule has 28 heavy (non-hydrogen) atoms. The van der Waals surface area contributed by atoms with E-state index in [1.54, 1.807) is 18.2 Å². The molecule has 0 unspecified atom stereocenters. The standard InChI is InChI=1S/C21H25N3O3S/c1-15-5-4-6-16(13-15)23-9-11-24(12-10-23)28(26,27)17-7-8-19-18(14-17)21(2,3)20(25)22-19/h4-8,13-14H,9-12H2,1-3H3,(H,22,25). The molecule has 0 bridgehead atoms. The molecule has 0 spiro atoms. The van der Waals surface area contributed by atoms with Gasteiger partial charge in [0, 0.05) is 37.6 Å². The summed E-state index contributed by atoms with van der Waals surface area (Å²) in [6.45, 7) is 7.86. The minimum Gasteiger partial charge on any atom is -0.369 e. The number of aryl methyl sites for hydroxylation is 1. The summed E-state index contributed by atoms with van der Waals surface area (Å²) in [6, 6.07) is 13.2. The third kappa shape index (κ3) is 3.08. The van der Waals surface area contributed by atoms with Gasteiger partial charge in [0.2, 0.25) is 15.9 Å². The van der Waals surface area contributed by atoms with Gasteiger partial charge in [0.1, 0.15) is 0 Å². The van der Waals surface area contributed by atoms with E-state index in [-0.39, 0.29) is 10.8 Å². The molecule has 1 saturated heterocycles. The lowest BCUT2D eigenvalue weighted by molar-refractivity contribution is -0.119. The lowest BCUT2D eigenvalue weighted by Gasteiger charge is -2.35. The van der Waals surface area contributed by atoms with E-state index in [0.29, 0.717) is 31.9 Å². The Kier molecular flexibility index (Phi) is 4.47. The van der Waals surface area contributed by atoms with Crippen molar-refractivity contribution in [3.63, 3.8) is 0 Å². The fourth-order valence-corrected chi connectivity index (χ4v) is 5.32. The smallest absolute Gasteiger partial charge is 0.243 e. The average Bonchev–Trinajstić information content (AvgIpc) is 2.90. The van der Waals surface area contributed by atoms with Crippen molar-refractivity contribution < 1.29 is 13.2 Å². The first-order valence-corrected chi connectivity index (χ1v) is 10.9. The molecular weight excluding hydrogens is 374 g/mol. The third-order valence-electron chi connectivity index (χ3n) is 5.72. The van der Waals surface area contributed by atoms with E-state index < -0.39 is 15.4 Å². The highest BCUT2D eigenvalue weighted by Crippen LogP contribution is 2.39. The van der Waals surface area contributed by atoms with Crippen LogP contribution in [0.4, 0.5) is 11.4 Å². The summed E-state index contributed by atoms with van der Waals surface area (Å²) in [6.07, 6.45) is 0. The van der Waals surface area contributed by atoms with Gasteiger partial charge in [-0.05, 0) is 62.2 Å². The summed E-state index contributed by atoms with van der Waals surface area (Å²) in [7, 11) is -3.60. The van der Waals surface area contributed by atoms with E-state index in [9.17, 15) is 13.2 Å². The van der Waals surface area contributed by atoms with Crippen molar-refractivity contribution in [2.45, 2.75) is 31.1 Å². The van der Waals surface area contributed by atoms with E-state index in [4.69, 9.17) is 0 Å². The van der Waals surface area contributed by atoms with Crippen molar-refractivity contribution in [2.75, 3.05) is 36.4 Å². The van der Waals surface area contributed by atoms with Crippen molar-refractivity contribution in [1.29, 1.82) is 0 Å². The number of nitrogens with zero attached hydrogens (tertiary/aromatic N) is 2. The molecule has 2 aromatic rings. The van der Waals surface area contributed by atoms with Crippen LogP contribution in [0.15, 0.2) is 47.4 Å². The van der Waals surface area contributed by atoms with Crippen LogP contribution in [-0.2, 0) is 20.2 Å². The Morgan fingerprint density at radius 1 is 1.00 bits per heavy atom. The Balaban J connectivity index is 1.54. The number of hydrogen-bond donors (Lipinski definition) is 1. The molecule has 0 aliphatic carbocycles. The maximum absolute atomic E-state index is 13.2. The molecular formula is C21H25N3O3S. The van der Waals surface area contributed by atoms with E-state index in [1.807, 2.05) is 19.9 Å². The molecule has 0 aromatic heterocycles. The summed E-state index contributed by atoms with van der Waals surface area (Å²) in [5.41, 5.74) is 3.01. The fourth-order valence-electron chi connectivity index (χ4n) is 3.87. The first-order valence-electron chi connectivity index (χ1n) is 9.47.